The fourth-order valence-corrected chi connectivity index (χ4v) is 2.25. The summed E-state index contributed by atoms with van der Waals surface area (Å²) in [6, 6.07) is 0. The van der Waals surface area contributed by atoms with Gasteiger partial charge in [0.25, 0.3) is 0 Å². The van der Waals surface area contributed by atoms with E-state index in [1.54, 1.807) is 0 Å². The van der Waals surface area contributed by atoms with Gasteiger partial charge in [-0.05, 0) is 25.2 Å². The van der Waals surface area contributed by atoms with Crippen LogP contribution >= 0.6 is 0 Å². The van der Waals surface area contributed by atoms with Crippen LogP contribution in [-0.4, -0.2) is 18.9 Å². The standard InChI is InChI=1S/C13H20O3/c1-3-4-5-6-11-10(7-8-12(11)14)9-13(15)16-2/h4-5,10-11H,3,6-9H2,1-2H3/b5-4-/t10?,11-/m0/s1. The van der Waals surface area contributed by atoms with Crippen LogP contribution in [0.2, 0.25) is 0 Å². The molecule has 1 saturated carbocycles. The van der Waals surface area contributed by atoms with Gasteiger partial charge in [-0.15, -0.1) is 0 Å². The van der Waals surface area contributed by atoms with E-state index in [9.17, 15) is 9.59 Å². The molecule has 90 valence electrons. The van der Waals surface area contributed by atoms with Gasteiger partial charge in [-0.1, -0.05) is 19.1 Å². The third kappa shape index (κ3) is 3.47. The Hall–Kier alpha value is -1.12. The summed E-state index contributed by atoms with van der Waals surface area (Å²) in [7, 11) is 1.39. The number of carbonyl (C=O) groups is 2. The number of hydrogen-bond acceptors (Lipinski definition) is 3. The molecular formula is C13H20O3. The van der Waals surface area contributed by atoms with E-state index in [1.807, 2.05) is 0 Å². The van der Waals surface area contributed by atoms with E-state index in [2.05, 4.69) is 23.8 Å². The van der Waals surface area contributed by atoms with E-state index in [0.717, 1.165) is 19.3 Å². The summed E-state index contributed by atoms with van der Waals surface area (Å²) in [6.45, 7) is 2.07. The number of Topliss-reactive ketones (excluding diaryl/α,β-unsaturated/α-hetero) is 1. The van der Waals surface area contributed by atoms with Crippen molar-refractivity contribution in [2.45, 2.75) is 39.0 Å². The van der Waals surface area contributed by atoms with Crippen molar-refractivity contribution in [3.8, 4) is 0 Å². The first-order valence-electron chi connectivity index (χ1n) is 5.93. The molecule has 0 aliphatic heterocycles. The topological polar surface area (TPSA) is 43.4 Å². The van der Waals surface area contributed by atoms with Crippen LogP contribution in [0.1, 0.15) is 39.0 Å². The maximum atomic E-state index is 11.7. The van der Waals surface area contributed by atoms with Crippen LogP contribution in [0.4, 0.5) is 0 Å². The summed E-state index contributed by atoms with van der Waals surface area (Å²) >= 11 is 0. The lowest BCUT2D eigenvalue weighted by Gasteiger charge is -2.15. The van der Waals surface area contributed by atoms with Crippen molar-refractivity contribution in [3.05, 3.63) is 12.2 Å². The van der Waals surface area contributed by atoms with Crippen molar-refractivity contribution in [2.75, 3.05) is 7.11 Å². The summed E-state index contributed by atoms with van der Waals surface area (Å²) in [5.74, 6) is 0.308. The summed E-state index contributed by atoms with van der Waals surface area (Å²) < 4.78 is 4.65. The molecule has 0 aromatic heterocycles. The van der Waals surface area contributed by atoms with Gasteiger partial charge in [0.1, 0.15) is 5.78 Å². The number of carbonyl (C=O) groups excluding carboxylic acids is 2. The summed E-state index contributed by atoms with van der Waals surface area (Å²) in [6.07, 6.45) is 7.72. The van der Waals surface area contributed by atoms with Gasteiger partial charge in [-0.2, -0.15) is 0 Å². The van der Waals surface area contributed by atoms with Crippen LogP contribution in [-0.2, 0) is 14.3 Å². The number of ketones is 1. The second-order valence-electron chi connectivity index (χ2n) is 4.27. The van der Waals surface area contributed by atoms with Crippen LogP contribution in [0, 0.1) is 11.8 Å². The van der Waals surface area contributed by atoms with E-state index < -0.39 is 0 Å². The van der Waals surface area contributed by atoms with E-state index in [0.29, 0.717) is 18.6 Å². The van der Waals surface area contributed by atoms with E-state index in [4.69, 9.17) is 0 Å². The highest BCUT2D eigenvalue weighted by Crippen LogP contribution is 2.34. The smallest absolute Gasteiger partial charge is 0.305 e. The van der Waals surface area contributed by atoms with Gasteiger partial charge < -0.3 is 4.74 Å². The second kappa shape index (κ2) is 6.46. The molecule has 1 rings (SSSR count). The fourth-order valence-electron chi connectivity index (χ4n) is 2.25. The van der Waals surface area contributed by atoms with Gasteiger partial charge >= 0.3 is 5.97 Å². The third-order valence-electron chi connectivity index (χ3n) is 3.19. The van der Waals surface area contributed by atoms with Gasteiger partial charge in [0.2, 0.25) is 0 Å². The lowest BCUT2D eigenvalue weighted by atomic mass is 9.89. The van der Waals surface area contributed by atoms with Crippen LogP contribution in [0.25, 0.3) is 0 Å². The highest BCUT2D eigenvalue weighted by molar-refractivity contribution is 5.84. The van der Waals surface area contributed by atoms with Crippen molar-refractivity contribution in [2.24, 2.45) is 11.8 Å². The van der Waals surface area contributed by atoms with Crippen LogP contribution in [0.3, 0.4) is 0 Å². The molecule has 1 aliphatic rings. The summed E-state index contributed by atoms with van der Waals surface area (Å²) in [4.78, 5) is 22.9. The average Bonchev–Trinajstić information content (AvgIpc) is 2.61. The van der Waals surface area contributed by atoms with Crippen molar-refractivity contribution in [1.82, 2.24) is 0 Å². The van der Waals surface area contributed by atoms with Gasteiger partial charge in [-0.3, -0.25) is 9.59 Å². The normalized spacial score (nSPS) is 25.2. The predicted octanol–water partition coefficient (Wildman–Crippen LogP) is 2.50. The molecule has 0 aromatic rings. The first-order valence-corrected chi connectivity index (χ1v) is 5.93. The molecule has 0 radical (unpaired) electrons. The van der Waals surface area contributed by atoms with E-state index in [-0.39, 0.29) is 17.8 Å². The Kier molecular flexibility index (Phi) is 5.23. The average molecular weight is 224 g/mol. The number of esters is 1. The highest BCUT2D eigenvalue weighted by atomic mass is 16.5. The molecule has 0 spiro atoms. The summed E-state index contributed by atoms with van der Waals surface area (Å²) in [5.41, 5.74) is 0. The SMILES string of the molecule is CC/C=C\C[C@@H]1C(=O)CCC1CC(=O)OC. The Labute approximate surface area is 96.9 Å². The first kappa shape index (κ1) is 12.9. The first-order chi connectivity index (χ1) is 7.69. The molecule has 3 heteroatoms. The number of rotatable bonds is 5. The van der Waals surface area contributed by atoms with Crippen molar-refractivity contribution in [3.63, 3.8) is 0 Å². The molecule has 0 heterocycles. The number of methoxy groups -OCH3 is 1. The maximum Gasteiger partial charge on any atom is 0.305 e. The quantitative estimate of drug-likeness (QED) is 0.532. The molecule has 0 amide bonds. The zero-order valence-corrected chi connectivity index (χ0v) is 10.1. The minimum Gasteiger partial charge on any atom is -0.469 e. The van der Waals surface area contributed by atoms with Gasteiger partial charge in [0.05, 0.1) is 7.11 Å². The molecule has 0 N–H and O–H groups in total. The molecular weight excluding hydrogens is 204 g/mol. The molecule has 3 nitrogen and oxygen atoms in total. The van der Waals surface area contributed by atoms with Crippen LogP contribution in [0.15, 0.2) is 12.2 Å². The Morgan fingerprint density at radius 3 is 2.88 bits per heavy atom. The molecule has 0 saturated heterocycles. The molecule has 1 aliphatic carbocycles. The predicted molar refractivity (Wildman–Crippen MR) is 61.9 cm³/mol. The molecule has 1 unspecified atom stereocenters. The zero-order chi connectivity index (χ0) is 12.0. The van der Waals surface area contributed by atoms with Crippen LogP contribution < -0.4 is 0 Å². The molecule has 1 fully saturated rings. The van der Waals surface area contributed by atoms with Gasteiger partial charge in [-0.25, -0.2) is 0 Å². The van der Waals surface area contributed by atoms with Gasteiger partial charge in [0.15, 0.2) is 0 Å². The Bertz CT molecular complexity index is 281. The van der Waals surface area contributed by atoms with E-state index >= 15 is 0 Å². The van der Waals surface area contributed by atoms with Crippen molar-refractivity contribution in [1.29, 1.82) is 0 Å². The number of ether oxygens (including phenoxy) is 1. The second-order valence-corrected chi connectivity index (χ2v) is 4.27. The largest absolute Gasteiger partial charge is 0.469 e. The summed E-state index contributed by atoms with van der Waals surface area (Å²) in [5, 5.41) is 0. The number of allylic oxidation sites excluding steroid dienone is 2. The maximum absolute atomic E-state index is 11.7. The molecule has 2 atom stereocenters. The molecule has 0 aromatic carbocycles. The highest BCUT2D eigenvalue weighted by Gasteiger charge is 2.34. The minimum atomic E-state index is -0.204. The molecule has 16 heavy (non-hydrogen) atoms. The van der Waals surface area contributed by atoms with Crippen molar-refractivity contribution < 1.29 is 14.3 Å². The third-order valence-corrected chi connectivity index (χ3v) is 3.19. The Morgan fingerprint density at radius 2 is 2.25 bits per heavy atom. The monoisotopic (exact) mass is 224 g/mol. The fraction of sp³-hybridized carbons (Fsp3) is 0.692. The Morgan fingerprint density at radius 1 is 1.50 bits per heavy atom. The lowest BCUT2D eigenvalue weighted by Crippen LogP contribution is -2.18. The molecule has 0 bridgehead atoms. The zero-order valence-electron chi connectivity index (χ0n) is 10.1. The van der Waals surface area contributed by atoms with E-state index in [1.165, 1.54) is 7.11 Å². The van der Waals surface area contributed by atoms with Gasteiger partial charge in [0, 0.05) is 18.8 Å². The van der Waals surface area contributed by atoms with Crippen LogP contribution in [0.5, 0.6) is 0 Å². The van der Waals surface area contributed by atoms with Crippen molar-refractivity contribution >= 4 is 11.8 Å². The lowest BCUT2D eigenvalue weighted by molar-refractivity contribution is -0.142. The minimum absolute atomic E-state index is 0.0295. The Balaban J connectivity index is 2.52. The number of hydrogen-bond donors (Lipinski definition) is 0.